The van der Waals surface area contributed by atoms with Gasteiger partial charge in [0.2, 0.25) is 5.91 Å². The van der Waals surface area contributed by atoms with Crippen LogP contribution in [-0.4, -0.2) is 18.2 Å². The van der Waals surface area contributed by atoms with Crippen LogP contribution in [0.4, 0.5) is 0 Å². The molecule has 0 unspecified atom stereocenters. The van der Waals surface area contributed by atoms with Gasteiger partial charge in [-0.3, -0.25) is 4.79 Å². The summed E-state index contributed by atoms with van der Waals surface area (Å²) in [5.41, 5.74) is 0. The summed E-state index contributed by atoms with van der Waals surface area (Å²) >= 11 is 0. The molecule has 0 saturated heterocycles. The van der Waals surface area contributed by atoms with Crippen molar-refractivity contribution in [2.45, 2.75) is 19.9 Å². The average molecular weight is 115 g/mol. The van der Waals surface area contributed by atoms with Gasteiger partial charge in [-0.15, -0.1) is 0 Å². The van der Waals surface area contributed by atoms with Crippen molar-refractivity contribution in [3.8, 4) is 0 Å². The van der Waals surface area contributed by atoms with Gasteiger partial charge in [-0.1, -0.05) is 0 Å². The van der Waals surface area contributed by atoms with Crippen molar-refractivity contribution in [1.82, 2.24) is 5.32 Å². The first-order chi connectivity index (χ1) is 3.66. The summed E-state index contributed by atoms with van der Waals surface area (Å²) in [6.45, 7) is 2.99. The first kappa shape index (κ1) is 7.14. The van der Waals surface area contributed by atoms with Gasteiger partial charge in [-0.25, -0.2) is 0 Å². The van der Waals surface area contributed by atoms with Gasteiger partial charge in [0.1, 0.15) is 6.29 Å². The fourth-order valence-corrected chi connectivity index (χ4v) is 0.355. The van der Waals surface area contributed by atoms with Gasteiger partial charge in [0.05, 0.1) is 6.04 Å². The smallest absolute Gasteiger partial charge is 0.217 e. The zero-order valence-corrected chi connectivity index (χ0v) is 4.97. The van der Waals surface area contributed by atoms with Gasteiger partial charge in [0.25, 0.3) is 0 Å². The van der Waals surface area contributed by atoms with E-state index in [-0.39, 0.29) is 11.9 Å². The molecular formula is C5H9NO2. The van der Waals surface area contributed by atoms with Crippen LogP contribution in [0.1, 0.15) is 13.8 Å². The first-order valence-corrected chi connectivity index (χ1v) is 2.39. The van der Waals surface area contributed by atoms with Gasteiger partial charge in [0, 0.05) is 6.92 Å². The van der Waals surface area contributed by atoms with Crippen LogP contribution in [0.3, 0.4) is 0 Å². The molecule has 0 heterocycles. The van der Waals surface area contributed by atoms with Gasteiger partial charge in [-0.2, -0.15) is 0 Å². The van der Waals surface area contributed by atoms with Gasteiger partial charge < -0.3 is 10.1 Å². The molecule has 8 heavy (non-hydrogen) atoms. The second-order valence-corrected chi connectivity index (χ2v) is 1.63. The van der Waals surface area contributed by atoms with Crippen LogP contribution in [0, 0.1) is 0 Å². The third-order valence-corrected chi connectivity index (χ3v) is 0.635. The Morgan fingerprint density at radius 2 is 2.25 bits per heavy atom. The minimum atomic E-state index is -0.354. The molecule has 0 aromatic heterocycles. The van der Waals surface area contributed by atoms with Gasteiger partial charge in [0.15, 0.2) is 0 Å². The van der Waals surface area contributed by atoms with E-state index in [0.717, 1.165) is 0 Å². The molecule has 3 nitrogen and oxygen atoms in total. The van der Waals surface area contributed by atoms with E-state index >= 15 is 0 Å². The molecule has 46 valence electrons. The van der Waals surface area contributed by atoms with Crippen molar-refractivity contribution in [1.29, 1.82) is 0 Å². The van der Waals surface area contributed by atoms with Crippen LogP contribution in [0.2, 0.25) is 0 Å². The van der Waals surface area contributed by atoms with Crippen LogP contribution in [0.15, 0.2) is 0 Å². The van der Waals surface area contributed by atoms with Crippen molar-refractivity contribution >= 4 is 12.2 Å². The number of amides is 1. The lowest BCUT2D eigenvalue weighted by atomic mass is 10.4. The molecule has 0 aliphatic heterocycles. The van der Waals surface area contributed by atoms with Crippen molar-refractivity contribution in [3.63, 3.8) is 0 Å². The fourth-order valence-electron chi connectivity index (χ4n) is 0.355. The lowest BCUT2D eigenvalue weighted by molar-refractivity contribution is -0.121. The van der Waals surface area contributed by atoms with Crippen molar-refractivity contribution in [2.24, 2.45) is 0 Å². The summed E-state index contributed by atoms with van der Waals surface area (Å²) in [6, 6.07) is -0.354. The molecule has 0 aromatic rings. The molecule has 0 aromatic carbocycles. The molecule has 0 spiro atoms. The summed E-state index contributed by atoms with van der Waals surface area (Å²) in [5.74, 6) is -0.176. The second-order valence-electron chi connectivity index (χ2n) is 1.63. The molecule has 0 fully saturated rings. The Hall–Kier alpha value is -0.860. The number of nitrogens with one attached hydrogen (secondary N) is 1. The summed E-state index contributed by atoms with van der Waals surface area (Å²) < 4.78 is 0. The highest BCUT2D eigenvalue weighted by atomic mass is 16.2. The summed E-state index contributed by atoms with van der Waals surface area (Å²) in [7, 11) is 0. The number of rotatable bonds is 2. The Morgan fingerprint density at radius 3 is 2.38 bits per heavy atom. The van der Waals surface area contributed by atoms with E-state index in [9.17, 15) is 9.59 Å². The standard InChI is InChI=1S/C5H9NO2/c1-4(3-7)6-5(2)8/h3-4H,1-2H3,(H,6,8)/t4-/m1/s1. The van der Waals surface area contributed by atoms with Crippen LogP contribution < -0.4 is 5.32 Å². The first-order valence-electron chi connectivity index (χ1n) is 2.39. The number of carbonyl (C=O) groups excluding carboxylic acids is 2. The lowest BCUT2D eigenvalue weighted by Gasteiger charge is -2.00. The number of hydrogen-bond acceptors (Lipinski definition) is 2. The van der Waals surface area contributed by atoms with Crippen molar-refractivity contribution < 1.29 is 9.59 Å². The number of carbonyl (C=O) groups is 2. The summed E-state index contributed by atoms with van der Waals surface area (Å²) in [5, 5.41) is 2.39. The molecule has 0 radical (unpaired) electrons. The van der Waals surface area contributed by atoms with E-state index in [0.29, 0.717) is 6.29 Å². The Labute approximate surface area is 48.1 Å². The van der Waals surface area contributed by atoms with Crippen molar-refractivity contribution in [2.75, 3.05) is 0 Å². The predicted molar refractivity (Wildman–Crippen MR) is 29.3 cm³/mol. The Kier molecular flexibility index (Phi) is 2.84. The van der Waals surface area contributed by atoms with E-state index in [1.165, 1.54) is 6.92 Å². The summed E-state index contributed by atoms with van der Waals surface area (Å²) in [4.78, 5) is 20.0. The molecule has 0 rings (SSSR count). The van der Waals surface area contributed by atoms with Gasteiger partial charge >= 0.3 is 0 Å². The highest BCUT2D eigenvalue weighted by Crippen LogP contribution is 1.70. The van der Waals surface area contributed by atoms with E-state index < -0.39 is 0 Å². The second kappa shape index (κ2) is 3.18. The monoisotopic (exact) mass is 115 g/mol. The quantitative estimate of drug-likeness (QED) is 0.503. The zero-order chi connectivity index (χ0) is 6.57. The summed E-state index contributed by atoms with van der Waals surface area (Å²) in [6.07, 6.45) is 0.682. The van der Waals surface area contributed by atoms with Crippen LogP contribution in [0.5, 0.6) is 0 Å². The SMILES string of the molecule is CC(=O)N[C@H](C)C=O. The molecule has 0 aliphatic rings. The fraction of sp³-hybridized carbons (Fsp3) is 0.600. The number of aldehydes is 1. The number of hydrogen-bond donors (Lipinski definition) is 1. The zero-order valence-electron chi connectivity index (χ0n) is 4.97. The van der Waals surface area contributed by atoms with Crippen LogP contribution >= 0.6 is 0 Å². The third kappa shape index (κ3) is 3.33. The Morgan fingerprint density at radius 1 is 1.75 bits per heavy atom. The minimum Gasteiger partial charge on any atom is -0.347 e. The Bertz CT molecular complexity index is 101. The average Bonchev–Trinajstić information content (AvgIpc) is 1.65. The predicted octanol–water partition coefficient (Wildman–Crippen LogP) is -0.290. The Balaban J connectivity index is 3.38. The van der Waals surface area contributed by atoms with E-state index in [4.69, 9.17) is 0 Å². The highest BCUT2D eigenvalue weighted by Gasteiger charge is 1.97. The van der Waals surface area contributed by atoms with E-state index in [2.05, 4.69) is 5.32 Å². The van der Waals surface area contributed by atoms with Crippen molar-refractivity contribution in [3.05, 3.63) is 0 Å². The molecule has 1 amide bonds. The molecule has 0 saturated carbocycles. The molecule has 1 atom stereocenters. The van der Waals surface area contributed by atoms with E-state index in [1.54, 1.807) is 6.92 Å². The maximum atomic E-state index is 10.1. The maximum absolute atomic E-state index is 10.1. The minimum absolute atomic E-state index is 0.176. The third-order valence-electron chi connectivity index (χ3n) is 0.635. The van der Waals surface area contributed by atoms with Crippen LogP contribution in [-0.2, 0) is 9.59 Å². The highest BCUT2D eigenvalue weighted by molar-refractivity contribution is 5.76. The largest absolute Gasteiger partial charge is 0.347 e. The molecule has 3 heteroatoms. The lowest BCUT2D eigenvalue weighted by Crippen LogP contribution is -2.31. The molecule has 0 bridgehead atoms. The van der Waals surface area contributed by atoms with Crippen LogP contribution in [0.25, 0.3) is 0 Å². The maximum Gasteiger partial charge on any atom is 0.217 e. The topological polar surface area (TPSA) is 46.2 Å². The molecular weight excluding hydrogens is 106 g/mol. The molecule has 0 aliphatic carbocycles. The van der Waals surface area contributed by atoms with Gasteiger partial charge in [-0.05, 0) is 6.92 Å². The normalized spacial score (nSPS) is 12.2. The van der Waals surface area contributed by atoms with E-state index in [1.807, 2.05) is 0 Å². The molecule has 1 N–H and O–H groups in total.